The van der Waals surface area contributed by atoms with Crippen LogP contribution >= 0.6 is 33.9 Å². The molecule has 0 spiro atoms. The van der Waals surface area contributed by atoms with Crippen molar-refractivity contribution in [2.75, 3.05) is 7.11 Å². The second-order valence-corrected chi connectivity index (χ2v) is 5.20. The summed E-state index contributed by atoms with van der Waals surface area (Å²) in [5, 5.41) is 12.5. The van der Waals surface area contributed by atoms with E-state index in [0.29, 0.717) is 18.1 Å². The topological polar surface area (TPSA) is 61.0 Å². The van der Waals surface area contributed by atoms with Gasteiger partial charge in [-0.2, -0.15) is 0 Å². The maximum absolute atomic E-state index is 5.03. The van der Waals surface area contributed by atoms with E-state index in [1.807, 2.05) is 0 Å². The zero-order valence-electron chi connectivity index (χ0n) is 7.23. The van der Waals surface area contributed by atoms with Gasteiger partial charge in [0, 0.05) is 13.2 Å². The molecular weight excluding hydrogens is 317 g/mol. The normalized spacial score (nSPS) is 10.7. The molecule has 0 fully saturated rings. The average Bonchev–Trinajstić information content (AvgIpc) is 2.74. The van der Waals surface area contributed by atoms with Crippen LogP contribution in [0, 0.1) is 3.01 Å². The molecule has 0 aromatic carbocycles. The highest BCUT2D eigenvalue weighted by Gasteiger charge is 2.10. The number of hydrogen-bond acceptors (Lipinski definition) is 6. The summed E-state index contributed by atoms with van der Waals surface area (Å²) in [4.78, 5) is 0. The highest BCUT2D eigenvalue weighted by molar-refractivity contribution is 14.1. The van der Waals surface area contributed by atoms with Gasteiger partial charge in [0.15, 0.2) is 13.8 Å². The van der Waals surface area contributed by atoms with Gasteiger partial charge in [-0.3, -0.25) is 0 Å². The average molecular weight is 323 g/mol. The molecule has 7 heteroatoms. The molecule has 0 radical (unpaired) electrons. The second kappa shape index (κ2) is 4.32. The smallest absolute Gasteiger partial charge is 0.178 e. The van der Waals surface area contributed by atoms with Gasteiger partial charge in [-0.15, -0.1) is 10.2 Å². The predicted molar refractivity (Wildman–Crippen MR) is 58.8 cm³/mol. The summed E-state index contributed by atoms with van der Waals surface area (Å²) in [7, 11) is 1.61. The predicted octanol–water partition coefficient (Wildman–Crippen LogP) is 1.94. The maximum Gasteiger partial charge on any atom is 0.178 e. The van der Waals surface area contributed by atoms with Crippen LogP contribution in [0.1, 0.15) is 5.76 Å². The van der Waals surface area contributed by atoms with Crippen molar-refractivity contribution in [1.29, 1.82) is 0 Å². The third kappa shape index (κ3) is 2.10. The van der Waals surface area contributed by atoms with Gasteiger partial charge in [0.25, 0.3) is 0 Å². The fourth-order valence-electron chi connectivity index (χ4n) is 0.933. The summed E-state index contributed by atoms with van der Waals surface area (Å²) >= 11 is 3.59. The molecule has 0 aliphatic heterocycles. The van der Waals surface area contributed by atoms with Gasteiger partial charge in [-0.25, -0.2) is 0 Å². The molecule has 0 aliphatic carbocycles. The fraction of sp³-hybridized carbons (Fsp3) is 0.286. The van der Waals surface area contributed by atoms with Gasteiger partial charge in [-0.05, 0) is 22.6 Å². The Morgan fingerprint density at radius 3 is 3.07 bits per heavy atom. The molecule has 14 heavy (non-hydrogen) atoms. The standard InChI is InChI=1S/C7H6IN3O2S/c1-12-3-4-2-5(11-13-4)6-9-10-7(8)14-6/h2H,3H2,1H3. The molecule has 0 saturated carbocycles. The van der Waals surface area contributed by atoms with Crippen molar-refractivity contribution < 1.29 is 9.26 Å². The van der Waals surface area contributed by atoms with Gasteiger partial charge < -0.3 is 9.26 Å². The highest BCUT2D eigenvalue weighted by Crippen LogP contribution is 2.23. The molecule has 0 saturated heterocycles. The molecule has 0 atom stereocenters. The van der Waals surface area contributed by atoms with E-state index in [9.17, 15) is 0 Å². The number of aromatic nitrogens is 3. The molecule has 2 heterocycles. The van der Waals surface area contributed by atoms with E-state index in [1.165, 1.54) is 11.3 Å². The van der Waals surface area contributed by atoms with Crippen LogP contribution in [0.3, 0.4) is 0 Å². The third-order valence-corrected chi connectivity index (χ3v) is 3.08. The minimum Gasteiger partial charge on any atom is -0.377 e. The highest BCUT2D eigenvalue weighted by atomic mass is 127. The number of halogens is 1. The van der Waals surface area contributed by atoms with Crippen LogP contribution in [0.15, 0.2) is 10.6 Å². The molecular formula is C7H6IN3O2S. The Bertz CT molecular complexity index is 428. The molecule has 0 aliphatic rings. The molecule has 0 bridgehead atoms. The lowest BCUT2D eigenvalue weighted by atomic mass is 10.4. The summed E-state index contributed by atoms with van der Waals surface area (Å²) in [6.45, 7) is 0.420. The van der Waals surface area contributed by atoms with Crippen LogP contribution in [-0.2, 0) is 11.3 Å². The van der Waals surface area contributed by atoms with Crippen LogP contribution < -0.4 is 0 Å². The first-order chi connectivity index (χ1) is 6.79. The van der Waals surface area contributed by atoms with Crippen molar-refractivity contribution in [1.82, 2.24) is 15.4 Å². The van der Waals surface area contributed by atoms with Crippen molar-refractivity contribution >= 4 is 33.9 Å². The number of nitrogens with zero attached hydrogens (tertiary/aromatic N) is 3. The lowest BCUT2D eigenvalue weighted by Crippen LogP contribution is -1.81. The van der Waals surface area contributed by atoms with E-state index >= 15 is 0 Å². The van der Waals surface area contributed by atoms with Crippen molar-refractivity contribution in [3.8, 4) is 10.7 Å². The van der Waals surface area contributed by atoms with Crippen molar-refractivity contribution in [3.05, 3.63) is 14.8 Å². The van der Waals surface area contributed by atoms with Gasteiger partial charge in [0.1, 0.15) is 12.3 Å². The molecule has 0 amide bonds. The molecule has 2 rings (SSSR count). The minimum atomic E-state index is 0.420. The summed E-state index contributed by atoms with van der Waals surface area (Å²) in [6.07, 6.45) is 0. The molecule has 0 unspecified atom stereocenters. The van der Waals surface area contributed by atoms with Gasteiger partial charge in [-0.1, -0.05) is 16.5 Å². The lowest BCUT2D eigenvalue weighted by molar-refractivity contribution is 0.156. The molecule has 5 nitrogen and oxygen atoms in total. The van der Waals surface area contributed by atoms with Crippen LogP contribution in [0.5, 0.6) is 0 Å². The minimum absolute atomic E-state index is 0.420. The van der Waals surface area contributed by atoms with E-state index in [1.54, 1.807) is 13.2 Å². The van der Waals surface area contributed by atoms with Gasteiger partial charge in [0.2, 0.25) is 0 Å². The first-order valence-corrected chi connectivity index (χ1v) is 5.63. The Morgan fingerprint density at radius 2 is 2.43 bits per heavy atom. The van der Waals surface area contributed by atoms with Crippen molar-refractivity contribution in [3.63, 3.8) is 0 Å². The van der Waals surface area contributed by atoms with E-state index in [0.717, 1.165) is 8.02 Å². The summed E-state index contributed by atoms with van der Waals surface area (Å²) < 4.78 is 10.8. The van der Waals surface area contributed by atoms with Crippen molar-refractivity contribution in [2.45, 2.75) is 6.61 Å². The van der Waals surface area contributed by atoms with Gasteiger partial charge in [0.05, 0.1) is 0 Å². The number of hydrogen-bond donors (Lipinski definition) is 0. The Hall–Kier alpha value is -0.540. The molecule has 74 valence electrons. The van der Waals surface area contributed by atoms with Crippen LogP contribution in [0.4, 0.5) is 0 Å². The molecule has 0 N–H and O–H groups in total. The third-order valence-electron chi connectivity index (χ3n) is 1.47. The molecule has 2 aromatic rings. The fourth-order valence-corrected chi connectivity index (χ4v) is 2.19. The first-order valence-electron chi connectivity index (χ1n) is 3.73. The van der Waals surface area contributed by atoms with Gasteiger partial charge >= 0.3 is 0 Å². The Morgan fingerprint density at radius 1 is 1.57 bits per heavy atom. The lowest BCUT2D eigenvalue weighted by Gasteiger charge is -1.87. The van der Waals surface area contributed by atoms with Crippen molar-refractivity contribution in [2.24, 2.45) is 0 Å². The number of ether oxygens (including phenoxy) is 1. The summed E-state index contributed by atoms with van der Waals surface area (Å²) in [5.41, 5.74) is 0.706. The zero-order chi connectivity index (χ0) is 9.97. The van der Waals surface area contributed by atoms with E-state index in [4.69, 9.17) is 9.26 Å². The van der Waals surface area contributed by atoms with Crippen LogP contribution in [0.2, 0.25) is 0 Å². The monoisotopic (exact) mass is 323 g/mol. The number of methoxy groups -OCH3 is 1. The SMILES string of the molecule is COCc1cc(-c2nnc(I)s2)no1. The summed E-state index contributed by atoms with van der Waals surface area (Å²) in [6, 6.07) is 1.81. The first kappa shape index (κ1) is 9.99. The second-order valence-electron chi connectivity index (χ2n) is 2.47. The maximum atomic E-state index is 5.03. The van der Waals surface area contributed by atoms with Crippen LogP contribution in [0.25, 0.3) is 10.7 Å². The van der Waals surface area contributed by atoms with E-state index in [-0.39, 0.29) is 0 Å². The quantitative estimate of drug-likeness (QED) is 0.808. The van der Waals surface area contributed by atoms with E-state index in [2.05, 4.69) is 37.9 Å². The summed E-state index contributed by atoms with van der Waals surface area (Å²) in [5.74, 6) is 0.688. The molecule has 2 aromatic heterocycles. The largest absolute Gasteiger partial charge is 0.377 e. The Kier molecular flexibility index (Phi) is 3.08. The Balaban J connectivity index is 2.24. The zero-order valence-corrected chi connectivity index (χ0v) is 10.2. The van der Waals surface area contributed by atoms with Crippen LogP contribution in [-0.4, -0.2) is 22.5 Å². The Labute approximate surface area is 97.6 Å². The van der Waals surface area contributed by atoms with E-state index < -0.39 is 0 Å². The number of rotatable bonds is 3.